The molecular formula is C18H29ClN2O3. The van der Waals surface area contributed by atoms with E-state index in [-0.39, 0.29) is 24.4 Å². The fraction of sp³-hybridized carbons (Fsp3) is 0.611. The molecule has 0 aromatic heterocycles. The third-order valence-corrected chi connectivity index (χ3v) is 4.25. The number of halogens is 1. The molecule has 1 aliphatic rings. The van der Waals surface area contributed by atoms with Gasteiger partial charge >= 0.3 is 0 Å². The van der Waals surface area contributed by atoms with E-state index in [1.807, 2.05) is 24.0 Å². The first-order valence-corrected chi connectivity index (χ1v) is 8.52. The first-order chi connectivity index (χ1) is 11.1. The molecule has 1 aliphatic heterocycles. The maximum atomic E-state index is 12.8. The van der Waals surface area contributed by atoms with Gasteiger partial charge in [-0.1, -0.05) is 6.92 Å². The predicted octanol–water partition coefficient (Wildman–Crippen LogP) is 3.12. The van der Waals surface area contributed by atoms with Crippen molar-refractivity contribution in [3.05, 3.63) is 23.8 Å². The topological polar surface area (TPSA) is 50.8 Å². The molecule has 1 aromatic rings. The van der Waals surface area contributed by atoms with Gasteiger partial charge in [-0.2, -0.15) is 0 Å². The lowest BCUT2D eigenvalue weighted by Crippen LogP contribution is -2.57. The van der Waals surface area contributed by atoms with Gasteiger partial charge in [0, 0.05) is 30.7 Å². The third-order valence-electron chi connectivity index (χ3n) is 4.25. The summed E-state index contributed by atoms with van der Waals surface area (Å²) in [7, 11) is 0. The molecule has 0 bridgehead atoms. The van der Waals surface area contributed by atoms with Crippen LogP contribution in [0.25, 0.3) is 0 Å². The van der Waals surface area contributed by atoms with Crippen molar-refractivity contribution >= 4 is 18.3 Å². The summed E-state index contributed by atoms with van der Waals surface area (Å²) < 4.78 is 11.3. The van der Waals surface area contributed by atoms with Crippen molar-refractivity contribution < 1.29 is 14.3 Å². The Morgan fingerprint density at radius 3 is 2.67 bits per heavy atom. The molecule has 1 amide bonds. The molecule has 2 unspecified atom stereocenters. The van der Waals surface area contributed by atoms with Crippen molar-refractivity contribution in [3.8, 4) is 11.5 Å². The lowest BCUT2D eigenvalue weighted by molar-refractivity contribution is 0.0602. The Balaban J connectivity index is 0.00000288. The fourth-order valence-electron chi connectivity index (χ4n) is 2.75. The van der Waals surface area contributed by atoms with E-state index >= 15 is 0 Å². The number of hydrogen-bond acceptors (Lipinski definition) is 4. The second-order valence-corrected chi connectivity index (χ2v) is 5.92. The van der Waals surface area contributed by atoms with Gasteiger partial charge in [-0.15, -0.1) is 12.4 Å². The highest BCUT2D eigenvalue weighted by molar-refractivity contribution is 5.95. The monoisotopic (exact) mass is 356 g/mol. The van der Waals surface area contributed by atoms with Crippen LogP contribution in [-0.4, -0.2) is 49.2 Å². The van der Waals surface area contributed by atoms with Crippen LogP contribution in [0.4, 0.5) is 0 Å². The number of nitrogens with one attached hydrogen (secondary N) is 1. The highest BCUT2D eigenvalue weighted by Gasteiger charge is 2.29. The van der Waals surface area contributed by atoms with E-state index < -0.39 is 0 Å². The Labute approximate surface area is 151 Å². The summed E-state index contributed by atoms with van der Waals surface area (Å²) in [6.07, 6.45) is 0.933. The summed E-state index contributed by atoms with van der Waals surface area (Å²) >= 11 is 0. The number of carbonyl (C=O) groups excluding carboxylic acids is 1. The maximum Gasteiger partial charge on any atom is 0.254 e. The third kappa shape index (κ3) is 4.77. The van der Waals surface area contributed by atoms with Crippen molar-refractivity contribution in [3.63, 3.8) is 0 Å². The summed E-state index contributed by atoms with van der Waals surface area (Å²) in [5.41, 5.74) is 0.651. The molecule has 0 aliphatic carbocycles. The predicted molar refractivity (Wildman–Crippen MR) is 98.6 cm³/mol. The molecule has 1 N–H and O–H groups in total. The van der Waals surface area contributed by atoms with Gasteiger partial charge < -0.3 is 19.7 Å². The van der Waals surface area contributed by atoms with Crippen molar-refractivity contribution in [2.24, 2.45) is 0 Å². The SMILES string of the molecule is CCCOc1ccc(C(=O)N2CCNC(C)C2C)cc1OCC.Cl. The molecule has 2 atom stereocenters. The number of piperazine rings is 1. The molecule has 1 heterocycles. The molecule has 1 fully saturated rings. The van der Waals surface area contributed by atoms with Crippen LogP contribution in [0.1, 0.15) is 44.5 Å². The zero-order chi connectivity index (χ0) is 16.8. The molecular weight excluding hydrogens is 328 g/mol. The van der Waals surface area contributed by atoms with Crippen LogP contribution in [0.2, 0.25) is 0 Å². The zero-order valence-electron chi connectivity index (χ0n) is 15.0. The Morgan fingerprint density at radius 2 is 2.00 bits per heavy atom. The number of carbonyl (C=O) groups is 1. The molecule has 0 spiro atoms. The number of rotatable bonds is 6. The summed E-state index contributed by atoms with van der Waals surface area (Å²) in [4.78, 5) is 14.8. The quantitative estimate of drug-likeness (QED) is 0.850. The molecule has 1 aromatic carbocycles. The summed E-state index contributed by atoms with van der Waals surface area (Å²) in [6.45, 7) is 10.9. The van der Waals surface area contributed by atoms with Gasteiger partial charge in [-0.05, 0) is 45.4 Å². The second-order valence-electron chi connectivity index (χ2n) is 5.92. The van der Waals surface area contributed by atoms with Crippen LogP contribution < -0.4 is 14.8 Å². The molecule has 6 heteroatoms. The summed E-state index contributed by atoms with van der Waals surface area (Å²) in [6, 6.07) is 5.93. The lowest BCUT2D eigenvalue weighted by Gasteiger charge is -2.38. The van der Waals surface area contributed by atoms with E-state index in [4.69, 9.17) is 9.47 Å². The Bertz CT molecular complexity index is 539. The van der Waals surface area contributed by atoms with Gasteiger partial charge in [-0.25, -0.2) is 0 Å². The van der Waals surface area contributed by atoms with Crippen molar-refractivity contribution in [2.75, 3.05) is 26.3 Å². The minimum atomic E-state index is 0. The summed E-state index contributed by atoms with van der Waals surface area (Å²) in [5.74, 6) is 1.39. The van der Waals surface area contributed by atoms with Crippen LogP contribution >= 0.6 is 12.4 Å². The molecule has 0 radical (unpaired) electrons. The zero-order valence-corrected chi connectivity index (χ0v) is 15.8. The average Bonchev–Trinajstić information content (AvgIpc) is 2.56. The van der Waals surface area contributed by atoms with E-state index in [2.05, 4.69) is 26.1 Å². The molecule has 24 heavy (non-hydrogen) atoms. The number of ether oxygens (including phenoxy) is 2. The van der Waals surface area contributed by atoms with E-state index in [9.17, 15) is 4.79 Å². The average molecular weight is 357 g/mol. The lowest BCUT2D eigenvalue weighted by atomic mass is 10.0. The standard InChI is InChI=1S/C18H28N2O3.ClH/c1-5-11-23-16-8-7-15(12-17(16)22-6-2)18(21)20-10-9-19-13(3)14(20)4;/h7-8,12-14,19H,5-6,9-11H2,1-4H3;1H. The van der Waals surface area contributed by atoms with Crippen molar-refractivity contribution in [1.82, 2.24) is 10.2 Å². The number of benzene rings is 1. The molecule has 2 rings (SSSR count). The van der Waals surface area contributed by atoms with E-state index in [0.717, 1.165) is 19.5 Å². The fourth-order valence-corrected chi connectivity index (χ4v) is 2.75. The van der Waals surface area contributed by atoms with Crippen LogP contribution in [0.15, 0.2) is 18.2 Å². The number of nitrogens with zero attached hydrogens (tertiary/aromatic N) is 1. The highest BCUT2D eigenvalue weighted by Crippen LogP contribution is 2.29. The van der Waals surface area contributed by atoms with Crippen LogP contribution in [-0.2, 0) is 0 Å². The first-order valence-electron chi connectivity index (χ1n) is 8.52. The second kappa shape index (κ2) is 9.74. The van der Waals surface area contributed by atoms with Crippen LogP contribution in [0.3, 0.4) is 0 Å². The van der Waals surface area contributed by atoms with Crippen LogP contribution in [0.5, 0.6) is 11.5 Å². The summed E-state index contributed by atoms with van der Waals surface area (Å²) in [5, 5.41) is 3.39. The van der Waals surface area contributed by atoms with Gasteiger partial charge in [-0.3, -0.25) is 4.79 Å². The Morgan fingerprint density at radius 1 is 1.25 bits per heavy atom. The maximum absolute atomic E-state index is 12.8. The molecule has 0 saturated carbocycles. The Kier molecular flexibility index (Phi) is 8.36. The van der Waals surface area contributed by atoms with Gasteiger partial charge in [0.2, 0.25) is 0 Å². The van der Waals surface area contributed by atoms with E-state index in [1.165, 1.54) is 0 Å². The van der Waals surface area contributed by atoms with E-state index in [1.54, 1.807) is 6.07 Å². The first kappa shape index (κ1) is 20.6. The van der Waals surface area contributed by atoms with Gasteiger partial charge in [0.1, 0.15) is 0 Å². The van der Waals surface area contributed by atoms with Crippen molar-refractivity contribution in [2.45, 2.75) is 46.2 Å². The number of amides is 1. The molecule has 5 nitrogen and oxygen atoms in total. The minimum absolute atomic E-state index is 0. The normalized spacial score (nSPS) is 20.2. The minimum Gasteiger partial charge on any atom is -0.490 e. The smallest absolute Gasteiger partial charge is 0.254 e. The number of hydrogen-bond donors (Lipinski definition) is 1. The van der Waals surface area contributed by atoms with Gasteiger partial charge in [0.15, 0.2) is 11.5 Å². The molecule has 136 valence electrons. The molecule has 1 saturated heterocycles. The van der Waals surface area contributed by atoms with Crippen molar-refractivity contribution in [1.29, 1.82) is 0 Å². The Hall–Kier alpha value is -1.46. The van der Waals surface area contributed by atoms with E-state index in [0.29, 0.717) is 36.3 Å². The van der Waals surface area contributed by atoms with Gasteiger partial charge in [0.25, 0.3) is 5.91 Å². The highest BCUT2D eigenvalue weighted by atomic mass is 35.5. The van der Waals surface area contributed by atoms with Crippen LogP contribution in [0, 0.1) is 0 Å². The largest absolute Gasteiger partial charge is 0.490 e. The van der Waals surface area contributed by atoms with Gasteiger partial charge in [0.05, 0.1) is 13.2 Å².